The second kappa shape index (κ2) is 9.07. The molecule has 27 heavy (non-hydrogen) atoms. The first-order valence-corrected chi connectivity index (χ1v) is 10.4. The quantitative estimate of drug-likeness (QED) is 0.637. The van der Waals surface area contributed by atoms with E-state index in [2.05, 4.69) is 67.1 Å². The van der Waals surface area contributed by atoms with Gasteiger partial charge in [-0.15, -0.1) is 0 Å². The standard InChI is InChI=1S/C22H36N4O/c1-5-23-21(24-17-22(3,4)19-8-6-7-18(2)15-19)26-10-9-20(16-26)25-11-13-27-14-12-25/h6-8,15,20H,5,9-14,16-17H2,1-4H3,(H,23,24). The van der Waals surface area contributed by atoms with Crippen LogP contribution in [0.25, 0.3) is 0 Å². The Balaban J connectivity index is 1.66. The van der Waals surface area contributed by atoms with Crippen molar-refractivity contribution < 1.29 is 4.74 Å². The molecule has 0 aliphatic carbocycles. The normalized spacial score (nSPS) is 22.3. The van der Waals surface area contributed by atoms with Gasteiger partial charge in [0.25, 0.3) is 0 Å². The maximum absolute atomic E-state index is 5.51. The van der Waals surface area contributed by atoms with E-state index in [0.29, 0.717) is 6.04 Å². The summed E-state index contributed by atoms with van der Waals surface area (Å²) in [5, 5.41) is 3.52. The fourth-order valence-electron chi connectivity index (χ4n) is 4.03. The van der Waals surface area contributed by atoms with Gasteiger partial charge in [0.1, 0.15) is 0 Å². The molecule has 1 aromatic rings. The molecule has 2 aliphatic rings. The van der Waals surface area contributed by atoms with Gasteiger partial charge in [-0.1, -0.05) is 43.7 Å². The van der Waals surface area contributed by atoms with Gasteiger partial charge in [0.05, 0.1) is 19.8 Å². The third kappa shape index (κ3) is 5.23. The van der Waals surface area contributed by atoms with Crippen LogP contribution in [-0.4, -0.2) is 74.3 Å². The van der Waals surface area contributed by atoms with Crippen LogP contribution in [0.1, 0.15) is 38.3 Å². The highest BCUT2D eigenvalue weighted by molar-refractivity contribution is 5.80. The van der Waals surface area contributed by atoms with Gasteiger partial charge in [-0.05, 0) is 25.8 Å². The molecule has 0 spiro atoms. The Morgan fingerprint density at radius 1 is 1.26 bits per heavy atom. The summed E-state index contributed by atoms with van der Waals surface area (Å²) in [7, 11) is 0. The number of likely N-dealkylation sites (tertiary alicyclic amines) is 1. The zero-order valence-corrected chi connectivity index (χ0v) is 17.5. The summed E-state index contributed by atoms with van der Waals surface area (Å²) in [6.07, 6.45) is 1.21. The summed E-state index contributed by atoms with van der Waals surface area (Å²) in [6.45, 7) is 16.6. The summed E-state index contributed by atoms with van der Waals surface area (Å²) < 4.78 is 5.51. The molecule has 2 saturated heterocycles. The Kier molecular flexibility index (Phi) is 6.77. The molecule has 2 aliphatic heterocycles. The van der Waals surface area contributed by atoms with Crippen LogP contribution >= 0.6 is 0 Å². The lowest BCUT2D eigenvalue weighted by Gasteiger charge is -2.32. The van der Waals surface area contributed by atoms with Crippen LogP contribution in [0.3, 0.4) is 0 Å². The molecule has 5 nitrogen and oxygen atoms in total. The minimum absolute atomic E-state index is 0.0238. The molecule has 0 bridgehead atoms. The lowest BCUT2D eigenvalue weighted by atomic mass is 9.84. The lowest BCUT2D eigenvalue weighted by Crippen LogP contribution is -2.47. The van der Waals surface area contributed by atoms with E-state index in [-0.39, 0.29) is 5.41 Å². The highest BCUT2D eigenvalue weighted by atomic mass is 16.5. The molecule has 2 fully saturated rings. The van der Waals surface area contributed by atoms with Gasteiger partial charge < -0.3 is 15.0 Å². The second-order valence-corrected chi connectivity index (χ2v) is 8.46. The van der Waals surface area contributed by atoms with Gasteiger partial charge in [-0.2, -0.15) is 0 Å². The Morgan fingerprint density at radius 3 is 2.74 bits per heavy atom. The molecule has 3 rings (SSSR count). The number of nitrogens with zero attached hydrogens (tertiary/aromatic N) is 3. The number of aliphatic imine (C=N–C) groups is 1. The van der Waals surface area contributed by atoms with Crippen LogP contribution in [0.4, 0.5) is 0 Å². The number of ether oxygens (including phenoxy) is 1. The van der Waals surface area contributed by atoms with Crippen molar-refractivity contribution in [1.29, 1.82) is 0 Å². The summed E-state index contributed by atoms with van der Waals surface area (Å²) in [4.78, 5) is 10.1. The monoisotopic (exact) mass is 372 g/mol. The van der Waals surface area contributed by atoms with E-state index in [0.717, 1.165) is 58.4 Å². The molecule has 0 aromatic heterocycles. The fourth-order valence-corrected chi connectivity index (χ4v) is 4.03. The molecule has 1 N–H and O–H groups in total. The number of nitrogens with one attached hydrogen (secondary N) is 1. The van der Waals surface area contributed by atoms with Gasteiger partial charge in [-0.25, -0.2) is 0 Å². The Morgan fingerprint density at radius 2 is 2.04 bits per heavy atom. The van der Waals surface area contributed by atoms with Gasteiger partial charge >= 0.3 is 0 Å². The van der Waals surface area contributed by atoms with Crippen molar-refractivity contribution in [2.24, 2.45) is 4.99 Å². The SMILES string of the molecule is CCNC(=NCC(C)(C)c1cccc(C)c1)N1CCC(N2CCOCC2)C1. The number of guanidine groups is 1. The van der Waals surface area contributed by atoms with Gasteiger partial charge in [-0.3, -0.25) is 9.89 Å². The third-order valence-electron chi connectivity index (χ3n) is 5.78. The lowest BCUT2D eigenvalue weighted by molar-refractivity contribution is 0.0195. The Hall–Kier alpha value is -1.59. The molecule has 2 heterocycles. The minimum atomic E-state index is 0.0238. The van der Waals surface area contributed by atoms with Crippen LogP contribution in [0.15, 0.2) is 29.3 Å². The Labute approximate surface area is 164 Å². The highest BCUT2D eigenvalue weighted by Crippen LogP contribution is 2.25. The molecule has 0 saturated carbocycles. The van der Waals surface area contributed by atoms with Crippen LogP contribution < -0.4 is 5.32 Å². The first-order chi connectivity index (χ1) is 13.0. The number of hydrogen-bond donors (Lipinski definition) is 1. The van der Waals surface area contributed by atoms with Crippen LogP contribution in [-0.2, 0) is 10.2 Å². The molecule has 0 amide bonds. The van der Waals surface area contributed by atoms with Crippen LogP contribution in [0.5, 0.6) is 0 Å². The minimum Gasteiger partial charge on any atom is -0.379 e. The molecule has 1 atom stereocenters. The molecule has 0 radical (unpaired) electrons. The van der Waals surface area contributed by atoms with E-state index >= 15 is 0 Å². The van der Waals surface area contributed by atoms with Crippen molar-refractivity contribution >= 4 is 5.96 Å². The Bertz CT molecular complexity index is 637. The second-order valence-electron chi connectivity index (χ2n) is 8.46. The smallest absolute Gasteiger partial charge is 0.193 e. The maximum Gasteiger partial charge on any atom is 0.193 e. The average Bonchev–Trinajstić information content (AvgIpc) is 3.16. The predicted molar refractivity (Wildman–Crippen MR) is 113 cm³/mol. The summed E-state index contributed by atoms with van der Waals surface area (Å²) >= 11 is 0. The van der Waals surface area contributed by atoms with Crippen molar-refractivity contribution in [3.8, 4) is 0 Å². The number of rotatable bonds is 5. The third-order valence-corrected chi connectivity index (χ3v) is 5.78. The largest absolute Gasteiger partial charge is 0.379 e. The van der Waals surface area contributed by atoms with E-state index in [9.17, 15) is 0 Å². The zero-order chi connectivity index (χ0) is 19.3. The molecule has 150 valence electrons. The van der Waals surface area contributed by atoms with Gasteiger partial charge in [0, 0.05) is 44.2 Å². The number of morpholine rings is 1. The topological polar surface area (TPSA) is 40.1 Å². The van der Waals surface area contributed by atoms with Crippen LogP contribution in [0, 0.1) is 6.92 Å². The number of benzene rings is 1. The van der Waals surface area contributed by atoms with E-state index in [4.69, 9.17) is 9.73 Å². The predicted octanol–water partition coefficient (Wildman–Crippen LogP) is 2.64. The van der Waals surface area contributed by atoms with E-state index < -0.39 is 0 Å². The highest BCUT2D eigenvalue weighted by Gasteiger charge is 2.30. The van der Waals surface area contributed by atoms with Crippen molar-refractivity contribution in [2.75, 3.05) is 52.5 Å². The molecule has 5 heteroatoms. The van der Waals surface area contributed by atoms with Gasteiger partial charge in [0.2, 0.25) is 0 Å². The molecule has 1 unspecified atom stereocenters. The van der Waals surface area contributed by atoms with Gasteiger partial charge in [0.15, 0.2) is 5.96 Å². The first kappa shape index (κ1) is 20.2. The molecule has 1 aromatic carbocycles. The number of aryl methyl sites for hydroxylation is 1. The zero-order valence-electron chi connectivity index (χ0n) is 17.5. The molecular weight excluding hydrogens is 336 g/mol. The fraction of sp³-hybridized carbons (Fsp3) is 0.682. The summed E-state index contributed by atoms with van der Waals surface area (Å²) in [6, 6.07) is 9.44. The van der Waals surface area contributed by atoms with Crippen molar-refractivity contribution in [3.63, 3.8) is 0 Å². The van der Waals surface area contributed by atoms with E-state index in [1.54, 1.807) is 0 Å². The van der Waals surface area contributed by atoms with Crippen molar-refractivity contribution in [3.05, 3.63) is 35.4 Å². The first-order valence-electron chi connectivity index (χ1n) is 10.4. The van der Waals surface area contributed by atoms with Crippen molar-refractivity contribution in [2.45, 2.75) is 45.6 Å². The van der Waals surface area contributed by atoms with Crippen molar-refractivity contribution in [1.82, 2.24) is 15.1 Å². The molecular formula is C22H36N4O. The van der Waals surface area contributed by atoms with Crippen LogP contribution in [0.2, 0.25) is 0 Å². The average molecular weight is 373 g/mol. The number of hydrogen-bond acceptors (Lipinski definition) is 3. The van der Waals surface area contributed by atoms with E-state index in [1.807, 2.05) is 0 Å². The summed E-state index contributed by atoms with van der Waals surface area (Å²) in [5.74, 6) is 1.06. The summed E-state index contributed by atoms with van der Waals surface area (Å²) in [5.41, 5.74) is 2.69. The maximum atomic E-state index is 5.51. The van der Waals surface area contributed by atoms with E-state index in [1.165, 1.54) is 17.5 Å².